The van der Waals surface area contributed by atoms with E-state index >= 15 is 0 Å². The Morgan fingerprint density at radius 2 is 2.21 bits per heavy atom. The second kappa shape index (κ2) is 6.32. The minimum absolute atomic E-state index is 0.276. The van der Waals surface area contributed by atoms with Crippen molar-refractivity contribution >= 4 is 17.7 Å². The minimum Gasteiger partial charge on any atom is -0.467 e. The third kappa shape index (κ3) is 3.53. The molecule has 0 aliphatic rings. The number of nitrogens with zero attached hydrogens (tertiary/aromatic N) is 6. The maximum Gasteiger partial charge on any atom is 0.321 e. The zero-order valence-electron chi connectivity index (χ0n) is 11.0. The lowest BCUT2D eigenvalue weighted by Gasteiger charge is -2.06. The summed E-state index contributed by atoms with van der Waals surface area (Å²) in [5.41, 5.74) is 0. The van der Waals surface area contributed by atoms with Crippen LogP contribution in [0.2, 0.25) is 0 Å². The Morgan fingerprint density at radius 3 is 2.84 bits per heavy atom. The molecule has 0 aromatic carbocycles. The van der Waals surface area contributed by atoms with Crippen LogP contribution in [-0.2, 0) is 7.05 Å². The molecular formula is C10H15N7OS. The lowest BCUT2D eigenvalue weighted by molar-refractivity contribution is 0.373. The van der Waals surface area contributed by atoms with E-state index in [4.69, 9.17) is 4.74 Å². The summed E-state index contributed by atoms with van der Waals surface area (Å²) in [7, 11) is 3.38. The quantitative estimate of drug-likeness (QED) is 0.838. The third-order valence-corrected chi connectivity index (χ3v) is 3.08. The Morgan fingerprint density at radius 1 is 1.37 bits per heavy atom. The van der Waals surface area contributed by atoms with Crippen molar-refractivity contribution < 1.29 is 4.74 Å². The van der Waals surface area contributed by atoms with Gasteiger partial charge in [-0.2, -0.15) is 15.0 Å². The summed E-state index contributed by atoms with van der Waals surface area (Å²) in [5.74, 6) is 0.498. The summed E-state index contributed by atoms with van der Waals surface area (Å²) in [5, 5.41) is 12.1. The molecule has 0 spiro atoms. The van der Waals surface area contributed by atoms with Gasteiger partial charge in [0.15, 0.2) is 5.16 Å². The van der Waals surface area contributed by atoms with Crippen molar-refractivity contribution in [2.75, 3.05) is 19.0 Å². The molecule has 0 saturated heterocycles. The molecule has 8 nitrogen and oxygen atoms in total. The molecule has 2 heterocycles. The largest absolute Gasteiger partial charge is 0.467 e. The molecule has 0 radical (unpaired) electrons. The Hall–Kier alpha value is -1.90. The Kier molecular flexibility index (Phi) is 4.50. The summed E-state index contributed by atoms with van der Waals surface area (Å²) in [6, 6.07) is 0.276. The average molecular weight is 281 g/mol. The number of methoxy groups -OCH3 is 1. The molecular weight excluding hydrogens is 266 g/mol. The van der Waals surface area contributed by atoms with Gasteiger partial charge in [-0.3, -0.25) is 0 Å². The van der Waals surface area contributed by atoms with E-state index in [1.807, 2.05) is 7.05 Å². The van der Waals surface area contributed by atoms with Gasteiger partial charge in [0, 0.05) is 13.6 Å². The Bertz CT molecular complexity index is 544. The number of anilines is 1. The zero-order chi connectivity index (χ0) is 13.7. The van der Waals surface area contributed by atoms with E-state index in [0.717, 1.165) is 13.0 Å². The van der Waals surface area contributed by atoms with Gasteiger partial charge in [0.25, 0.3) is 0 Å². The second-order valence-electron chi connectivity index (χ2n) is 3.68. The van der Waals surface area contributed by atoms with Gasteiger partial charge in [-0.1, -0.05) is 6.92 Å². The van der Waals surface area contributed by atoms with Crippen LogP contribution in [0.4, 0.5) is 5.95 Å². The highest BCUT2D eigenvalue weighted by Crippen LogP contribution is 2.23. The predicted octanol–water partition coefficient (Wildman–Crippen LogP) is 0.982. The Balaban J connectivity index is 2.21. The number of ether oxygens (including phenoxy) is 1. The minimum atomic E-state index is 0.276. The molecule has 1 N–H and O–H groups in total. The molecule has 2 rings (SSSR count). The van der Waals surface area contributed by atoms with Gasteiger partial charge in [-0.15, -0.1) is 10.2 Å². The molecule has 19 heavy (non-hydrogen) atoms. The predicted molar refractivity (Wildman–Crippen MR) is 70.3 cm³/mol. The van der Waals surface area contributed by atoms with Crippen molar-refractivity contribution in [3.63, 3.8) is 0 Å². The van der Waals surface area contributed by atoms with Gasteiger partial charge in [0.2, 0.25) is 11.1 Å². The van der Waals surface area contributed by atoms with E-state index in [1.54, 1.807) is 10.9 Å². The van der Waals surface area contributed by atoms with Gasteiger partial charge in [0.05, 0.1) is 7.11 Å². The van der Waals surface area contributed by atoms with Crippen molar-refractivity contribution in [2.45, 2.75) is 23.7 Å². The number of hydrogen-bond acceptors (Lipinski definition) is 8. The third-order valence-electron chi connectivity index (χ3n) is 2.16. The van der Waals surface area contributed by atoms with Crippen LogP contribution in [-0.4, -0.2) is 43.4 Å². The van der Waals surface area contributed by atoms with Crippen LogP contribution in [0.15, 0.2) is 16.6 Å². The molecule has 0 fully saturated rings. The van der Waals surface area contributed by atoms with E-state index in [2.05, 4.69) is 37.4 Å². The summed E-state index contributed by atoms with van der Waals surface area (Å²) in [4.78, 5) is 12.6. The fraction of sp³-hybridized carbons (Fsp3) is 0.500. The highest BCUT2D eigenvalue weighted by Gasteiger charge is 2.11. The molecule has 0 aliphatic heterocycles. The molecule has 102 valence electrons. The first-order valence-electron chi connectivity index (χ1n) is 5.78. The molecule has 0 amide bonds. The zero-order valence-corrected chi connectivity index (χ0v) is 11.8. The standard InChI is InChI=1S/C10H15N7OS/c1-4-5-11-7-13-8(18-3)15-9(14-7)19-10-16-12-6-17(10)2/h6H,4-5H2,1-3H3,(H,11,13,14,15). The molecule has 0 atom stereocenters. The van der Waals surface area contributed by atoms with Gasteiger partial charge < -0.3 is 14.6 Å². The van der Waals surface area contributed by atoms with Crippen molar-refractivity contribution in [1.29, 1.82) is 0 Å². The first-order valence-corrected chi connectivity index (χ1v) is 6.60. The molecule has 2 aromatic heterocycles. The van der Waals surface area contributed by atoms with E-state index < -0.39 is 0 Å². The molecule has 0 bridgehead atoms. The van der Waals surface area contributed by atoms with Crippen LogP contribution >= 0.6 is 11.8 Å². The number of nitrogens with one attached hydrogen (secondary N) is 1. The number of hydrogen-bond donors (Lipinski definition) is 1. The van der Waals surface area contributed by atoms with Crippen LogP contribution in [0, 0.1) is 0 Å². The fourth-order valence-corrected chi connectivity index (χ4v) is 1.94. The van der Waals surface area contributed by atoms with Crippen LogP contribution in [0.3, 0.4) is 0 Å². The highest BCUT2D eigenvalue weighted by molar-refractivity contribution is 7.99. The number of aromatic nitrogens is 6. The monoisotopic (exact) mass is 281 g/mol. The summed E-state index contributed by atoms with van der Waals surface area (Å²) >= 11 is 1.31. The Labute approximate surface area is 115 Å². The molecule has 0 saturated carbocycles. The maximum atomic E-state index is 5.07. The average Bonchev–Trinajstić information content (AvgIpc) is 2.81. The number of aryl methyl sites for hydroxylation is 1. The second-order valence-corrected chi connectivity index (χ2v) is 4.62. The molecule has 9 heteroatoms. The van der Waals surface area contributed by atoms with E-state index in [9.17, 15) is 0 Å². The van der Waals surface area contributed by atoms with Crippen molar-refractivity contribution in [2.24, 2.45) is 7.05 Å². The van der Waals surface area contributed by atoms with Crippen molar-refractivity contribution in [1.82, 2.24) is 29.7 Å². The number of rotatable bonds is 6. The van der Waals surface area contributed by atoms with Crippen LogP contribution in [0.1, 0.15) is 13.3 Å². The highest BCUT2D eigenvalue weighted by atomic mass is 32.2. The maximum absolute atomic E-state index is 5.07. The smallest absolute Gasteiger partial charge is 0.321 e. The van der Waals surface area contributed by atoms with Crippen LogP contribution in [0.25, 0.3) is 0 Å². The lowest BCUT2D eigenvalue weighted by atomic mass is 10.5. The lowest BCUT2D eigenvalue weighted by Crippen LogP contribution is -2.07. The van der Waals surface area contributed by atoms with E-state index in [-0.39, 0.29) is 6.01 Å². The SMILES string of the molecule is CCCNc1nc(OC)nc(Sc2nncn2C)n1. The molecule has 2 aromatic rings. The van der Waals surface area contributed by atoms with Crippen LogP contribution < -0.4 is 10.1 Å². The summed E-state index contributed by atoms with van der Waals surface area (Å²) in [6.45, 7) is 2.86. The van der Waals surface area contributed by atoms with Crippen molar-refractivity contribution in [3.8, 4) is 6.01 Å². The summed E-state index contributed by atoms with van der Waals surface area (Å²) < 4.78 is 6.86. The van der Waals surface area contributed by atoms with Gasteiger partial charge in [-0.25, -0.2) is 0 Å². The first kappa shape index (κ1) is 13.5. The topological polar surface area (TPSA) is 90.6 Å². The van der Waals surface area contributed by atoms with Gasteiger partial charge in [0.1, 0.15) is 6.33 Å². The van der Waals surface area contributed by atoms with E-state index in [1.165, 1.54) is 18.9 Å². The summed E-state index contributed by atoms with van der Waals surface area (Å²) in [6.07, 6.45) is 2.61. The first-order chi connectivity index (χ1) is 9.22. The van der Waals surface area contributed by atoms with Crippen molar-refractivity contribution in [3.05, 3.63) is 6.33 Å². The van der Waals surface area contributed by atoms with E-state index in [0.29, 0.717) is 16.3 Å². The fourth-order valence-electron chi connectivity index (χ4n) is 1.24. The van der Waals surface area contributed by atoms with Gasteiger partial charge >= 0.3 is 6.01 Å². The van der Waals surface area contributed by atoms with Gasteiger partial charge in [-0.05, 0) is 18.2 Å². The normalized spacial score (nSPS) is 10.5. The molecule has 0 unspecified atom stereocenters. The van der Waals surface area contributed by atoms with Crippen LogP contribution in [0.5, 0.6) is 6.01 Å². The molecule has 0 aliphatic carbocycles.